The van der Waals surface area contributed by atoms with Gasteiger partial charge < -0.3 is 10.8 Å². The van der Waals surface area contributed by atoms with E-state index in [2.05, 4.69) is 20.9 Å². The molecule has 3 N–H and O–H groups in total. The molecular formula is C10H6BrClN2O2S. The molecule has 0 radical (unpaired) electrons. The number of nitrogens with zero attached hydrogens (tertiary/aromatic N) is 1. The SMILES string of the molecule is NC1=NC(=O)/C(=C\c2cc(Cl)cc(Br)c2O)S1. The second-order valence-electron chi connectivity index (χ2n) is 3.19. The van der Waals surface area contributed by atoms with Crippen LogP contribution >= 0.6 is 39.3 Å². The molecule has 17 heavy (non-hydrogen) atoms. The minimum atomic E-state index is -0.414. The summed E-state index contributed by atoms with van der Waals surface area (Å²) in [5, 5.41) is 10.4. The van der Waals surface area contributed by atoms with E-state index in [-0.39, 0.29) is 10.9 Å². The summed E-state index contributed by atoms with van der Waals surface area (Å²) in [6.07, 6.45) is 1.50. The van der Waals surface area contributed by atoms with Gasteiger partial charge in [-0.25, -0.2) is 0 Å². The number of thioether (sulfide) groups is 1. The van der Waals surface area contributed by atoms with Gasteiger partial charge in [0.2, 0.25) is 0 Å². The van der Waals surface area contributed by atoms with Gasteiger partial charge in [0, 0.05) is 10.6 Å². The van der Waals surface area contributed by atoms with Crippen molar-refractivity contribution < 1.29 is 9.90 Å². The van der Waals surface area contributed by atoms with E-state index >= 15 is 0 Å². The van der Waals surface area contributed by atoms with Gasteiger partial charge in [-0.05, 0) is 45.9 Å². The molecule has 0 fully saturated rings. The van der Waals surface area contributed by atoms with Gasteiger partial charge in [-0.1, -0.05) is 11.6 Å². The van der Waals surface area contributed by atoms with E-state index in [4.69, 9.17) is 17.3 Å². The Hall–Kier alpha value is -0.980. The predicted octanol–water partition coefficient (Wildman–Crippen LogP) is 2.74. The highest BCUT2D eigenvalue weighted by atomic mass is 79.9. The Morgan fingerprint density at radius 2 is 2.24 bits per heavy atom. The van der Waals surface area contributed by atoms with Gasteiger partial charge in [0.05, 0.1) is 9.38 Å². The number of aromatic hydroxyl groups is 1. The van der Waals surface area contributed by atoms with Crippen LogP contribution in [-0.4, -0.2) is 16.2 Å². The maximum atomic E-state index is 11.4. The molecule has 7 heteroatoms. The summed E-state index contributed by atoms with van der Waals surface area (Å²) in [4.78, 5) is 15.3. The molecule has 1 aliphatic rings. The Morgan fingerprint density at radius 1 is 1.53 bits per heavy atom. The highest BCUT2D eigenvalue weighted by molar-refractivity contribution is 9.10. The molecule has 88 valence electrons. The van der Waals surface area contributed by atoms with Crippen molar-refractivity contribution in [3.05, 3.63) is 32.1 Å². The Balaban J connectivity index is 2.44. The third-order valence-electron chi connectivity index (χ3n) is 1.98. The number of rotatable bonds is 1. The Morgan fingerprint density at radius 3 is 2.82 bits per heavy atom. The van der Waals surface area contributed by atoms with Gasteiger partial charge in [-0.3, -0.25) is 4.79 Å². The molecular weight excluding hydrogens is 328 g/mol. The summed E-state index contributed by atoms with van der Waals surface area (Å²) in [7, 11) is 0. The molecule has 0 atom stereocenters. The van der Waals surface area contributed by atoms with Gasteiger partial charge in [0.1, 0.15) is 5.75 Å². The third-order valence-corrected chi connectivity index (χ3v) is 3.62. The van der Waals surface area contributed by atoms with Crippen molar-refractivity contribution in [3.8, 4) is 5.75 Å². The van der Waals surface area contributed by atoms with Crippen molar-refractivity contribution >= 4 is 56.4 Å². The highest BCUT2D eigenvalue weighted by Gasteiger charge is 2.20. The second kappa shape index (κ2) is 4.72. The van der Waals surface area contributed by atoms with Gasteiger partial charge in [-0.2, -0.15) is 4.99 Å². The number of amides is 1. The average Bonchev–Trinajstić information content (AvgIpc) is 2.53. The van der Waals surface area contributed by atoms with E-state index in [1.165, 1.54) is 6.08 Å². The van der Waals surface area contributed by atoms with Crippen LogP contribution in [0.25, 0.3) is 6.08 Å². The van der Waals surface area contributed by atoms with E-state index in [0.717, 1.165) is 11.8 Å². The number of halogens is 2. The number of amidine groups is 1. The average molecular weight is 334 g/mol. The smallest absolute Gasteiger partial charge is 0.286 e. The van der Waals surface area contributed by atoms with Gasteiger partial charge in [0.15, 0.2) is 5.17 Å². The van der Waals surface area contributed by atoms with E-state index in [1.807, 2.05) is 0 Å². The quantitative estimate of drug-likeness (QED) is 0.775. The van der Waals surface area contributed by atoms with Crippen LogP contribution in [-0.2, 0) is 4.79 Å². The second-order valence-corrected chi connectivity index (χ2v) is 5.54. The standard InChI is InChI=1S/C10H6BrClN2O2S/c11-6-3-5(12)1-4(8(6)15)2-7-9(16)14-10(13)17-7/h1-3,15H,(H2,13,14,16)/b7-2+. The zero-order chi connectivity index (χ0) is 12.6. The topological polar surface area (TPSA) is 75.7 Å². The van der Waals surface area contributed by atoms with E-state index in [0.29, 0.717) is 20.0 Å². The summed E-state index contributed by atoms with van der Waals surface area (Å²) >= 11 is 10.1. The maximum Gasteiger partial charge on any atom is 0.286 e. The molecule has 0 saturated heterocycles. The summed E-state index contributed by atoms with van der Waals surface area (Å²) < 4.78 is 0.459. The normalized spacial score (nSPS) is 17.6. The molecule has 0 unspecified atom stereocenters. The first kappa shape index (κ1) is 12.5. The van der Waals surface area contributed by atoms with Crippen molar-refractivity contribution in [2.45, 2.75) is 0 Å². The maximum absolute atomic E-state index is 11.4. The highest BCUT2D eigenvalue weighted by Crippen LogP contribution is 2.35. The number of nitrogens with two attached hydrogens (primary N) is 1. The molecule has 0 bridgehead atoms. The first-order valence-corrected chi connectivity index (χ1v) is 6.42. The number of hydrogen-bond acceptors (Lipinski definition) is 4. The van der Waals surface area contributed by atoms with Crippen LogP contribution in [0.5, 0.6) is 5.75 Å². The van der Waals surface area contributed by atoms with Crippen LogP contribution in [0.1, 0.15) is 5.56 Å². The van der Waals surface area contributed by atoms with Gasteiger partial charge >= 0.3 is 0 Å². The van der Waals surface area contributed by atoms with Crippen molar-refractivity contribution in [2.24, 2.45) is 10.7 Å². The van der Waals surface area contributed by atoms with Crippen LogP contribution in [0.15, 0.2) is 26.5 Å². The lowest BCUT2D eigenvalue weighted by Crippen LogP contribution is -2.01. The first-order valence-electron chi connectivity index (χ1n) is 4.43. The van der Waals surface area contributed by atoms with Crippen LogP contribution in [0.4, 0.5) is 0 Å². The fourth-order valence-electron chi connectivity index (χ4n) is 1.26. The number of phenols is 1. The van der Waals surface area contributed by atoms with Crippen LogP contribution in [0, 0.1) is 0 Å². The first-order chi connectivity index (χ1) is 7.97. The van der Waals surface area contributed by atoms with E-state index < -0.39 is 5.91 Å². The van der Waals surface area contributed by atoms with Crippen LogP contribution in [0.3, 0.4) is 0 Å². The molecule has 1 amide bonds. The molecule has 0 aromatic heterocycles. The largest absolute Gasteiger partial charge is 0.506 e. The number of aliphatic imine (C=N–C) groups is 1. The molecule has 0 aliphatic carbocycles. The Kier molecular flexibility index (Phi) is 3.46. The fourth-order valence-corrected chi connectivity index (χ4v) is 2.77. The summed E-state index contributed by atoms with van der Waals surface area (Å²) in [5.41, 5.74) is 5.86. The van der Waals surface area contributed by atoms with Gasteiger partial charge in [-0.15, -0.1) is 0 Å². The van der Waals surface area contributed by atoms with E-state index in [1.54, 1.807) is 12.1 Å². The van der Waals surface area contributed by atoms with Crippen LogP contribution < -0.4 is 5.73 Å². The molecule has 1 aromatic carbocycles. The fraction of sp³-hybridized carbons (Fsp3) is 0. The predicted molar refractivity (Wildman–Crippen MR) is 73.0 cm³/mol. The number of benzene rings is 1. The third kappa shape index (κ3) is 2.65. The summed E-state index contributed by atoms with van der Waals surface area (Å²) in [6, 6.07) is 3.12. The molecule has 4 nitrogen and oxygen atoms in total. The number of hydrogen-bond donors (Lipinski definition) is 2. The lowest BCUT2D eigenvalue weighted by atomic mass is 10.2. The molecule has 0 spiro atoms. The molecule has 1 aromatic rings. The Bertz CT molecular complexity index is 572. The minimum Gasteiger partial charge on any atom is -0.506 e. The summed E-state index contributed by atoms with van der Waals surface area (Å²) in [6.45, 7) is 0. The zero-order valence-corrected chi connectivity index (χ0v) is 11.4. The molecule has 2 rings (SSSR count). The lowest BCUT2D eigenvalue weighted by molar-refractivity contribution is -0.113. The lowest BCUT2D eigenvalue weighted by Gasteiger charge is -2.03. The zero-order valence-electron chi connectivity index (χ0n) is 8.28. The number of phenolic OH excluding ortho intramolecular Hbond substituents is 1. The van der Waals surface area contributed by atoms with Crippen LogP contribution in [0.2, 0.25) is 5.02 Å². The molecule has 0 saturated carbocycles. The molecule has 1 heterocycles. The van der Waals surface area contributed by atoms with Crippen molar-refractivity contribution in [2.75, 3.05) is 0 Å². The van der Waals surface area contributed by atoms with Gasteiger partial charge in [0.25, 0.3) is 5.91 Å². The van der Waals surface area contributed by atoms with E-state index in [9.17, 15) is 9.90 Å². The van der Waals surface area contributed by atoms with Crippen molar-refractivity contribution in [3.63, 3.8) is 0 Å². The number of carbonyl (C=O) groups excluding carboxylic acids is 1. The molecule has 1 aliphatic heterocycles. The van der Waals surface area contributed by atoms with Crippen molar-refractivity contribution in [1.29, 1.82) is 0 Å². The van der Waals surface area contributed by atoms with Crippen molar-refractivity contribution in [1.82, 2.24) is 0 Å². The monoisotopic (exact) mass is 332 g/mol. The minimum absolute atomic E-state index is 0.0146. The number of carbonyl (C=O) groups is 1. The summed E-state index contributed by atoms with van der Waals surface area (Å²) in [5.74, 6) is -0.399. The Labute approximate surface area is 115 Å².